The molecular formula is C15H19N3O2. The summed E-state index contributed by atoms with van der Waals surface area (Å²) in [4.78, 5) is 12.0. The number of amides is 1. The summed E-state index contributed by atoms with van der Waals surface area (Å²) < 4.78 is 1.62. The van der Waals surface area contributed by atoms with E-state index in [9.17, 15) is 9.90 Å². The molecule has 0 spiro atoms. The number of benzene rings is 1. The number of aryl methyl sites for hydroxylation is 2. The van der Waals surface area contributed by atoms with Crippen LogP contribution in [0.2, 0.25) is 0 Å². The molecule has 0 unspecified atom stereocenters. The van der Waals surface area contributed by atoms with Gasteiger partial charge in [-0.2, -0.15) is 5.10 Å². The van der Waals surface area contributed by atoms with Crippen LogP contribution in [0, 0.1) is 20.8 Å². The van der Waals surface area contributed by atoms with Crippen LogP contribution in [0.1, 0.15) is 22.5 Å². The van der Waals surface area contributed by atoms with Gasteiger partial charge in [0.05, 0.1) is 12.3 Å². The van der Waals surface area contributed by atoms with E-state index in [1.54, 1.807) is 4.68 Å². The molecule has 0 saturated carbocycles. The van der Waals surface area contributed by atoms with Crippen molar-refractivity contribution >= 4 is 11.6 Å². The van der Waals surface area contributed by atoms with Crippen LogP contribution in [0.4, 0.5) is 5.69 Å². The maximum absolute atomic E-state index is 12.0. The van der Waals surface area contributed by atoms with Gasteiger partial charge in [0.15, 0.2) is 0 Å². The number of aromatic nitrogens is 2. The van der Waals surface area contributed by atoms with Crippen molar-refractivity contribution in [1.29, 1.82) is 0 Å². The SMILES string of the molecule is Cc1ccc(NC(=O)Cn2nc(C)c(CO)c2C)cc1. The second kappa shape index (κ2) is 5.88. The highest BCUT2D eigenvalue weighted by Crippen LogP contribution is 2.13. The van der Waals surface area contributed by atoms with E-state index in [4.69, 9.17) is 0 Å². The molecule has 2 N–H and O–H groups in total. The number of rotatable bonds is 4. The lowest BCUT2D eigenvalue weighted by molar-refractivity contribution is -0.116. The standard InChI is InChI=1S/C15H19N3O2/c1-10-4-6-13(7-5-10)16-15(20)8-18-12(3)14(9-19)11(2)17-18/h4-7,19H,8-9H2,1-3H3,(H,16,20). The van der Waals surface area contributed by atoms with Crippen molar-refractivity contribution in [2.24, 2.45) is 0 Å². The molecule has 0 aliphatic heterocycles. The summed E-state index contributed by atoms with van der Waals surface area (Å²) in [7, 11) is 0. The van der Waals surface area contributed by atoms with Crippen LogP contribution in [0.5, 0.6) is 0 Å². The van der Waals surface area contributed by atoms with Gasteiger partial charge in [0.2, 0.25) is 5.91 Å². The smallest absolute Gasteiger partial charge is 0.246 e. The van der Waals surface area contributed by atoms with Gasteiger partial charge in [0.25, 0.3) is 0 Å². The molecular weight excluding hydrogens is 254 g/mol. The van der Waals surface area contributed by atoms with E-state index in [-0.39, 0.29) is 19.1 Å². The molecule has 5 heteroatoms. The van der Waals surface area contributed by atoms with E-state index in [2.05, 4.69) is 10.4 Å². The van der Waals surface area contributed by atoms with E-state index >= 15 is 0 Å². The lowest BCUT2D eigenvalue weighted by Crippen LogP contribution is -2.20. The molecule has 1 amide bonds. The monoisotopic (exact) mass is 273 g/mol. The largest absolute Gasteiger partial charge is 0.392 e. The first-order valence-electron chi connectivity index (χ1n) is 6.51. The zero-order valence-corrected chi connectivity index (χ0v) is 12.0. The van der Waals surface area contributed by atoms with Gasteiger partial charge in [-0.1, -0.05) is 17.7 Å². The van der Waals surface area contributed by atoms with Crippen LogP contribution < -0.4 is 5.32 Å². The molecule has 2 aromatic rings. The van der Waals surface area contributed by atoms with Gasteiger partial charge in [0.1, 0.15) is 6.54 Å². The van der Waals surface area contributed by atoms with Crippen LogP contribution in [0.15, 0.2) is 24.3 Å². The van der Waals surface area contributed by atoms with E-state index in [1.807, 2.05) is 45.0 Å². The number of hydrogen-bond donors (Lipinski definition) is 2. The maximum Gasteiger partial charge on any atom is 0.246 e. The second-order valence-corrected chi connectivity index (χ2v) is 4.88. The van der Waals surface area contributed by atoms with Gasteiger partial charge in [-0.15, -0.1) is 0 Å². The van der Waals surface area contributed by atoms with E-state index in [0.29, 0.717) is 0 Å². The Morgan fingerprint density at radius 2 is 1.90 bits per heavy atom. The third-order valence-electron chi connectivity index (χ3n) is 3.32. The Morgan fingerprint density at radius 1 is 1.25 bits per heavy atom. The van der Waals surface area contributed by atoms with Crippen LogP contribution in [0.3, 0.4) is 0 Å². The van der Waals surface area contributed by atoms with Gasteiger partial charge < -0.3 is 10.4 Å². The molecule has 20 heavy (non-hydrogen) atoms. The topological polar surface area (TPSA) is 67.2 Å². The summed E-state index contributed by atoms with van der Waals surface area (Å²) in [5.74, 6) is -0.135. The van der Waals surface area contributed by atoms with Gasteiger partial charge >= 0.3 is 0 Å². The van der Waals surface area contributed by atoms with Crippen LogP contribution in [-0.4, -0.2) is 20.8 Å². The number of aliphatic hydroxyl groups is 1. The number of carbonyl (C=O) groups excluding carboxylic acids is 1. The Balaban J connectivity index is 2.06. The fraction of sp³-hybridized carbons (Fsp3) is 0.333. The van der Waals surface area contributed by atoms with Gasteiger partial charge in [0, 0.05) is 16.9 Å². The first-order chi connectivity index (χ1) is 9.51. The summed E-state index contributed by atoms with van der Waals surface area (Å²) in [5.41, 5.74) is 4.28. The van der Waals surface area contributed by atoms with Crippen LogP contribution in [-0.2, 0) is 17.9 Å². The zero-order valence-electron chi connectivity index (χ0n) is 12.0. The van der Waals surface area contributed by atoms with Crippen molar-refractivity contribution in [2.75, 3.05) is 5.32 Å². The van der Waals surface area contributed by atoms with Crippen molar-refractivity contribution in [3.8, 4) is 0 Å². The Labute approximate surface area is 118 Å². The molecule has 0 aliphatic rings. The minimum Gasteiger partial charge on any atom is -0.392 e. The molecule has 0 fully saturated rings. The maximum atomic E-state index is 12.0. The number of hydrogen-bond acceptors (Lipinski definition) is 3. The molecule has 1 aromatic carbocycles. The first-order valence-corrected chi connectivity index (χ1v) is 6.51. The molecule has 0 saturated heterocycles. The third-order valence-corrected chi connectivity index (χ3v) is 3.32. The zero-order chi connectivity index (χ0) is 14.7. The molecule has 106 valence electrons. The summed E-state index contributed by atoms with van der Waals surface area (Å²) in [6.45, 7) is 5.76. The first kappa shape index (κ1) is 14.3. The van der Waals surface area contributed by atoms with Crippen molar-refractivity contribution in [1.82, 2.24) is 9.78 Å². The predicted molar refractivity (Wildman–Crippen MR) is 77.4 cm³/mol. The van der Waals surface area contributed by atoms with Crippen molar-refractivity contribution in [3.05, 3.63) is 46.8 Å². The molecule has 5 nitrogen and oxygen atoms in total. The third kappa shape index (κ3) is 3.05. The lowest BCUT2D eigenvalue weighted by Gasteiger charge is -2.07. The summed E-state index contributed by atoms with van der Waals surface area (Å²) >= 11 is 0. The molecule has 0 radical (unpaired) electrons. The highest BCUT2D eigenvalue weighted by molar-refractivity contribution is 5.90. The van der Waals surface area contributed by atoms with Gasteiger partial charge in [-0.25, -0.2) is 0 Å². The van der Waals surface area contributed by atoms with Gasteiger partial charge in [-0.3, -0.25) is 9.48 Å². The highest BCUT2D eigenvalue weighted by Gasteiger charge is 2.13. The molecule has 0 bridgehead atoms. The molecule has 0 aliphatic carbocycles. The predicted octanol–water partition coefficient (Wildman–Crippen LogP) is 1.94. The summed E-state index contributed by atoms with van der Waals surface area (Å²) in [6.07, 6.45) is 0. The fourth-order valence-electron chi connectivity index (χ4n) is 2.09. The normalized spacial score (nSPS) is 10.6. The molecule has 0 atom stereocenters. The number of carbonyl (C=O) groups is 1. The summed E-state index contributed by atoms with van der Waals surface area (Å²) in [6, 6.07) is 7.63. The van der Waals surface area contributed by atoms with E-state index < -0.39 is 0 Å². The molecule has 1 aromatic heterocycles. The average molecular weight is 273 g/mol. The molecule has 1 heterocycles. The Bertz CT molecular complexity index is 615. The highest BCUT2D eigenvalue weighted by atomic mass is 16.3. The fourth-order valence-corrected chi connectivity index (χ4v) is 2.09. The quantitative estimate of drug-likeness (QED) is 0.894. The lowest BCUT2D eigenvalue weighted by atomic mass is 10.2. The number of anilines is 1. The average Bonchev–Trinajstić information content (AvgIpc) is 2.67. The number of nitrogens with one attached hydrogen (secondary N) is 1. The Kier molecular flexibility index (Phi) is 4.20. The minimum atomic E-state index is -0.135. The van der Waals surface area contributed by atoms with Crippen LogP contribution in [0.25, 0.3) is 0 Å². The van der Waals surface area contributed by atoms with Crippen molar-refractivity contribution in [2.45, 2.75) is 33.9 Å². The van der Waals surface area contributed by atoms with E-state index in [1.165, 1.54) is 0 Å². The minimum absolute atomic E-state index is 0.0583. The Morgan fingerprint density at radius 3 is 2.45 bits per heavy atom. The van der Waals surface area contributed by atoms with Gasteiger partial charge in [-0.05, 0) is 32.9 Å². The summed E-state index contributed by atoms with van der Waals surface area (Å²) in [5, 5.41) is 16.4. The second-order valence-electron chi connectivity index (χ2n) is 4.88. The van der Waals surface area contributed by atoms with Crippen LogP contribution >= 0.6 is 0 Å². The van der Waals surface area contributed by atoms with E-state index in [0.717, 1.165) is 28.2 Å². The Hall–Kier alpha value is -2.14. The number of nitrogens with zero attached hydrogens (tertiary/aromatic N) is 2. The van der Waals surface area contributed by atoms with Crippen molar-refractivity contribution < 1.29 is 9.90 Å². The number of aliphatic hydroxyl groups excluding tert-OH is 1. The molecule has 2 rings (SSSR count). The van der Waals surface area contributed by atoms with Crippen molar-refractivity contribution in [3.63, 3.8) is 0 Å².